The first-order chi connectivity index (χ1) is 8.45. The van der Waals surface area contributed by atoms with Crippen LogP contribution in [0.25, 0.3) is 0 Å². The van der Waals surface area contributed by atoms with Gasteiger partial charge in [-0.25, -0.2) is 0 Å². The molecule has 1 heterocycles. The maximum Gasteiger partial charge on any atom is 0.304 e. The fourth-order valence-corrected chi connectivity index (χ4v) is 1.85. The number of nitrogens with zero attached hydrogens (tertiary/aromatic N) is 2. The Bertz CT molecular complexity index is 337. The molecule has 0 spiro atoms. The quantitative estimate of drug-likeness (QED) is 0.553. The highest BCUT2D eigenvalue weighted by atomic mass is 16.6. The smallest absolute Gasteiger partial charge is 0.304 e. The summed E-state index contributed by atoms with van der Waals surface area (Å²) in [5.74, 6) is 5.96. The molecular formula is C14H24N2O2. The normalized spacial score (nSPS) is 20.7. The molecule has 0 aromatic carbocycles. The Hall–Kier alpha value is -1.05. The zero-order valence-corrected chi connectivity index (χ0v) is 12.0. The molecule has 0 radical (unpaired) electrons. The van der Waals surface area contributed by atoms with Crippen LogP contribution in [0.4, 0.5) is 0 Å². The lowest BCUT2D eigenvalue weighted by atomic mass is 10.0. The lowest BCUT2D eigenvalue weighted by Gasteiger charge is -2.31. The third-order valence-corrected chi connectivity index (χ3v) is 3.30. The lowest BCUT2D eigenvalue weighted by molar-refractivity contribution is -0.150. The molecule has 18 heavy (non-hydrogen) atoms. The molecular weight excluding hydrogens is 228 g/mol. The number of hydrogen-bond donors (Lipinski definition) is 0. The number of carbonyl (C=O) groups is 1. The van der Waals surface area contributed by atoms with Gasteiger partial charge in [-0.05, 0) is 20.4 Å². The molecule has 1 atom stereocenters. The summed E-state index contributed by atoms with van der Waals surface area (Å²) in [4.78, 5) is 15.7. The number of carbonyl (C=O) groups excluding carboxylic acids is 1. The second-order valence-corrected chi connectivity index (χ2v) is 5.06. The summed E-state index contributed by atoms with van der Waals surface area (Å²) >= 11 is 0. The third-order valence-electron chi connectivity index (χ3n) is 3.30. The van der Waals surface area contributed by atoms with Crippen molar-refractivity contribution in [3.8, 4) is 11.8 Å². The fourth-order valence-electron chi connectivity index (χ4n) is 1.85. The van der Waals surface area contributed by atoms with Gasteiger partial charge in [0.1, 0.15) is 0 Å². The second-order valence-electron chi connectivity index (χ2n) is 5.06. The van der Waals surface area contributed by atoms with Gasteiger partial charge in [0, 0.05) is 33.1 Å². The van der Waals surface area contributed by atoms with Crippen molar-refractivity contribution in [2.24, 2.45) is 0 Å². The van der Waals surface area contributed by atoms with Gasteiger partial charge >= 0.3 is 5.97 Å². The van der Waals surface area contributed by atoms with E-state index in [9.17, 15) is 4.79 Å². The van der Waals surface area contributed by atoms with Crippen LogP contribution in [0, 0.1) is 11.8 Å². The predicted molar refractivity (Wildman–Crippen MR) is 72.2 cm³/mol. The number of rotatable bonds is 3. The summed E-state index contributed by atoms with van der Waals surface area (Å²) < 4.78 is 5.25. The van der Waals surface area contributed by atoms with E-state index in [4.69, 9.17) is 4.74 Å². The molecule has 4 heteroatoms. The first-order valence-electron chi connectivity index (χ1n) is 6.55. The minimum atomic E-state index is -0.640. The van der Waals surface area contributed by atoms with Crippen LogP contribution in [-0.4, -0.2) is 61.1 Å². The van der Waals surface area contributed by atoms with E-state index in [1.165, 1.54) is 6.92 Å². The molecule has 0 amide bonds. The van der Waals surface area contributed by atoms with E-state index >= 15 is 0 Å². The van der Waals surface area contributed by atoms with Gasteiger partial charge in [-0.1, -0.05) is 18.8 Å². The van der Waals surface area contributed by atoms with Gasteiger partial charge in [0.25, 0.3) is 0 Å². The average Bonchev–Trinajstić information content (AvgIpc) is 2.31. The number of likely N-dealkylation sites (N-methyl/N-ethyl adjacent to an activating group) is 1. The van der Waals surface area contributed by atoms with E-state index in [2.05, 4.69) is 28.7 Å². The van der Waals surface area contributed by atoms with Crippen molar-refractivity contribution >= 4 is 5.97 Å². The molecule has 0 aromatic rings. The fraction of sp³-hybridized carbons (Fsp3) is 0.786. The number of hydrogen-bond acceptors (Lipinski definition) is 4. The Kier molecular flexibility index (Phi) is 5.64. The molecule has 102 valence electrons. The zero-order valence-electron chi connectivity index (χ0n) is 12.0. The maximum absolute atomic E-state index is 11.0. The van der Waals surface area contributed by atoms with Gasteiger partial charge in [0.15, 0.2) is 5.60 Å². The Morgan fingerprint density at radius 2 is 1.94 bits per heavy atom. The first kappa shape index (κ1) is 15.0. The number of piperazine rings is 1. The van der Waals surface area contributed by atoms with Crippen LogP contribution < -0.4 is 0 Å². The van der Waals surface area contributed by atoms with E-state index in [1.54, 1.807) is 0 Å². The summed E-state index contributed by atoms with van der Waals surface area (Å²) in [6, 6.07) is 0. The highest BCUT2D eigenvalue weighted by molar-refractivity contribution is 5.67. The Morgan fingerprint density at radius 1 is 1.33 bits per heavy atom. The van der Waals surface area contributed by atoms with Crippen LogP contribution >= 0.6 is 0 Å². The van der Waals surface area contributed by atoms with Crippen LogP contribution in [0.5, 0.6) is 0 Å². The molecule has 1 saturated heterocycles. The molecule has 1 rings (SSSR count). The highest BCUT2D eigenvalue weighted by Crippen LogP contribution is 2.13. The van der Waals surface area contributed by atoms with E-state index in [0.29, 0.717) is 6.42 Å². The van der Waals surface area contributed by atoms with Crippen molar-refractivity contribution in [2.45, 2.75) is 32.8 Å². The van der Waals surface area contributed by atoms with Crippen molar-refractivity contribution in [3.05, 3.63) is 0 Å². The van der Waals surface area contributed by atoms with Gasteiger partial charge < -0.3 is 9.64 Å². The molecule has 0 aromatic heterocycles. The van der Waals surface area contributed by atoms with Crippen LogP contribution in [0.3, 0.4) is 0 Å². The number of ether oxygens (including phenoxy) is 1. The second kappa shape index (κ2) is 6.77. The van der Waals surface area contributed by atoms with Crippen molar-refractivity contribution < 1.29 is 9.53 Å². The van der Waals surface area contributed by atoms with Gasteiger partial charge in [0.2, 0.25) is 0 Å². The Balaban J connectivity index is 2.45. The molecule has 1 aliphatic heterocycles. The predicted octanol–water partition coefficient (Wildman–Crippen LogP) is 0.969. The van der Waals surface area contributed by atoms with E-state index in [-0.39, 0.29) is 5.97 Å². The minimum absolute atomic E-state index is 0.270. The van der Waals surface area contributed by atoms with E-state index in [1.807, 2.05) is 13.8 Å². The lowest BCUT2D eigenvalue weighted by Crippen LogP contribution is -2.44. The molecule has 0 unspecified atom stereocenters. The third kappa shape index (κ3) is 5.07. The van der Waals surface area contributed by atoms with Crippen LogP contribution in [0.2, 0.25) is 0 Å². The van der Waals surface area contributed by atoms with Crippen molar-refractivity contribution in [1.29, 1.82) is 0 Å². The Labute approximate surface area is 110 Å². The summed E-state index contributed by atoms with van der Waals surface area (Å²) in [5.41, 5.74) is -0.640. The van der Waals surface area contributed by atoms with Crippen LogP contribution in [0.1, 0.15) is 27.2 Å². The van der Waals surface area contributed by atoms with Gasteiger partial charge in [-0.15, -0.1) is 0 Å². The molecule has 1 aliphatic rings. The molecule has 0 N–H and O–H groups in total. The molecule has 0 saturated carbocycles. The largest absolute Gasteiger partial charge is 0.446 e. The van der Waals surface area contributed by atoms with Crippen molar-refractivity contribution in [3.63, 3.8) is 0 Å². The molecule has 1 fully saturated rings. The van der Waals surface area contributed by atoms with Crippen LogP contribution in [0.15, 0.2) is 0 Å². The van der Waals surface area contributed by atoms with Gasteiger partial charge in [-0.3, -0.25) is 9.69 Å². The Morgan fingerprint density at radius 3 is 2.44 bits per heavy atom. The average molecular weight is 252 g/mol. The van der Waals surface area contributed by atoms with Gasteiger partial charge in [0.05, 0.1) is 6.54 Å². The number of esters is 1. The van der Waals surface area contributed by atoms with Crippen LogP contribution in [-0.2, 0) is 9.53 Å². The standard InChI is InChI=1S/C14H24N2O2/c1-5-14(3,18-13(2)17)7-6-8-16-11-9-15(4)10-12-16/h5,8-12H2,1-4H3/t14-/m0/s1. The molecule has 0 aliphatic carbocycles. The topological polar surface area (TPSA) is 32.8 Å². The first-order valence-corrected chi connectivity index (χ1v) is 6.55. The van der Waals surface area contributed by atoms with Gasteiger partial charge in [-0.2, -0.15) is 0 Å². The monoisotopic (exact) mass is 252 g/mol. The summed E-state index contributed by atoms with van der Waals surface area (Å²) in [5, 5.41) is 0. The van der Waals surface area contributed by atoms with E-state index < -0.39 is 5.60 Å². The van der Waals surface area contributed by atoms with E-state index in [0.717, 1.165) is 32.7 Å². The van der Waals surface area contributed by atoms with Crippen molar-refractivity contribution in [1.82, 2.24) is 9.80 Å². The highest BCUT2D eigenvalue weighted by Gasteiger charge is 2.22. The summed E-state index contributed by atoms with van der Waals surface area (Å²) in [7, 11) is 2.14. The SMILES string of the molecule is CC[C@@](C)(C#CCN1CCN(C)CC1)OC(C)=O. The minimum Gasteiger partial charge on any atom is -0.446 e. The summed E-state index contributed by atoms with van der Waals surface area (Å²) in [6.45, 7) is 10.3. The summed E-state index contributed by atoms with van der Waals surface area (Å²) in [6.07, 6.45) is 0.711. The molecule has 4 nitrogen and oxygen atoms in total. The zero-order chi connectivity index (χ0) is 13.6. The van der Waals surface area contributed by atoms with Crippen molar-refractivity contribution in [2.75, 3.05) is 39.8 Å². The maximum atomic E-state index is 11.0. The molecule has 0 bridgehead atoms.